The standard InChI is InChI=1S/C37H42N10O5/c1-25(2)34-36(50)40-30(21-26-8-4-3-5-9-26)35(49)39-14-17-45(37(51)31-23-32-38-13-7-15-47(32)43-31)16-12-28-24-46(44-42-28)18-19-52-29-11-6-10-27(20-29)22-33(48)41-34/h3-11,13,15,20,23-25,30,34H,12,14,16-19,21-22H2,1-2H3,(H,39,49)(H,40,50)(H,41,48)/t30-,34+/m0/s1. The van der Waals surface area contributed by atoms with E-state index < -0.39 is 23.9 Å². The molecule has 6 rings (SSSR count). The van der Waals surface area contributed by atoms with Crippen LogP contribution in [-0.2, 0) is 40.2 Å². The Balaban J connectivity index is 1.26. The van der Waals surface area contributed by atoms with E-state index in [0.717, 1.165) is 11.1 Å². The van der Waals surface area contributed by atoms with E-state index in [2.05, 4.69) is 36.3 Å². The molecule has 0 spiro atoms. The molecule has 0 fully saturated rings. The van der Waals surface area contributed by atoms with Gasteiger partial charge < -0.3 is 25.6 Å². The molecule has 0 unspecified atom stereocenters. The highest BCUT2D eigenvalue weighted by molar-refractivity contribution is 5.94. The predicted molar refractivity (Wildman–Crippen MR) is 190 cm³/mol. The summed E-state index contributed by atoms with van der Waals surface area (Å²) in [6.07, 6.45) is 5.80. The van der Waals surface area contributed by atoms with E-state index in [0.29, 0.717) is 36.7 Å². The molecule has 3 N–H and O–H groups in total. The second kappa shape index (κ2) is 16.7. The first kappa shape index (κ1) is 35.7. The van der Waals surface area contributed by atoms with Crippen LogP contribution in [0.4, 0.5) is 0 Å². The zero-order valence-electron chi connectivity index (χ0n) is 29.1. The quantitative estimate of drug-likeness (QED) is 0.251. The van der Waals surface area contributed by atoms with Crippen molar-refractivity contribution < 1.29 is 23.9 Å². The van der Waals surface area contributed by atoms with E-state index in [9.17, 15) is 19.2 Å². The van der Waals surface area contributed by atoms with Gasteiger partial charge in [-0.05, 0) is 35.2 Å². The average molecular weight is 707 g/mol. The monoisotopic (exact) mass is 706 g/mol. The van der Waals surface area contributed by atoms with Gasteiger partial charge in [-0.3, -0.25) is 19.2 Å². The van der Waals surface area contributed by atoms with Crippen LogP contribution in [0.2, 0.25) is 0 Å². The number of hydrogen-bond acceptors (Lipinski definition) is 9. The third-order valence-corrected chi connectivity index (χ3v) is 8.68. The van der Waals surface area contributed by atoms with Crippen LogP contribution in [0.1, 0.15) is 41.2 Å². The number of rotatable bonds is 4. The molecule has 5 aromatic rings. The minimum Gasteiger partial charge on any atom is -0.492 e. The normalized spacial score (nSPS) is 18.3. The van der Waals surface area contributed by atoms with Crippen molar-refractivity contribution in [3.63, 3.8) is 0 Å². The fourth-order valence-electron chi connectivity index (χ4n) is 5.93. The molecule has 0 aliphatic carbocycles. The molecule has 1 aliphatic heterocycles. The Kier molecular flexibility index (Phi) is 11.5. The highest BCUT2D eigenvalue weighted by Crippen LogP contribution is 2.15. The lowest BCUT2D eigenvalue weighted by Gasteiger charge is -2.26. The van der Waals surface area contributed by atoms with Gasteiger partial charge in [-0.25, -0.2) is 14.2 Å². The number of amides is 4. The Morgan fingerprint density at radius 3 is 2.62 bits per heavy atom. The topological polar surface area (TPSA) is 178 Å². The third-order valence-electron chi connectivity index (χ3n) is 8.68. The molecule has 1 aliphatic rings. The number of nitrogens with zero attached hydrogens (tertiary/aromatic N) is 7. The van der Waals surface area contributed by atoms with Crippen molar-refractivity contribution in [3.05, 3.63) is 108 Å². The van der Waals surface area contributed by atoms with E-state index in [1.807, 2.05) is 62.4 Å². The van der Waals surface area contributed by atoms with Crippen molar-refractivity contribution in [2.75, 3.05) is 26.2 Å². The van der Waals surface area contributed by atoms with Crippen LogP contribution < -0.4 is 20.7 Å². The molecule has 4 amide bonds. The number of ether oxygens (including phenoxy) is 1. The Morgan fingerprint density at radius 1 is 0.962 bits per heavy atom. The number of carbonyl (C=O) groups is 4. The van der Waals surface area contributed by atoms with Crippen LogP contribution in [0.15, 0.2) is 85.3 Å². The number of hydrogen-bond donors (Lipinski definition) is 3. The zero-order chi connectivity index (χ0) is 36.5. The van der Waals surface area contributed by atoms with Crippen LogP contribution in [0.25, 0.3) is 5.65 Å². The van der Waals surface area contributed by atoms with Crippen molar-refractivity contribution in [1.82, 2.24) is 50.4 Å². The number of benzene rings is 2. The molecule has 4 heterocycles. The van der Waals surface area contributed by atoms with Gasteiger partial charge in [-0.2, -0.15) is 5.10 Å². The summed E-state index contributed by atoms with van der Waals surface area (Å²) in [7, 11) is 0. The van der Waals surface area contributed by atoms with Crippen LogP contribution in [0, 0.1) is 5.92 Å². The summed E-state index contributed by atoms with van der Waals surface area (Å²) in [6.45, 7) is 4.94. The second-order valence-corrected chi connectivity index (χ2v) is 13.0. The maximum Gasteiger partial charge on any atom is 0.274 e. The van der Waals surface area contributed by atoms with E-state index >= 15 is 0 Å². The largest absolute Gasteiger partial charge is 0.492 e. The summed E-state index contributed by atoms with van der Waals surface area (Å²) in [5, 5.41) is 21.6. The van der Waals surface area contributed by atoms with Crippen molar-refractivity contribution in [3.8, 4) is 5.75 Å². The fraction of sp³-hybridized carbons (Fsp3) is 0.351. The minimum absolute atomic E-state index is 0.0365. The molecule has 0 radical (unpaired) electrons. The van der Waals surface area contributed by atoms with Gasteiger partial charge in [0.15, 0.2) is 11.3 Å². The molecule has 2 aromatic carbocycles. The maximum absolute atomic E-state index is 13.8. The van der Waals surface area contributed by atoms with Crippen LogP contribution in [0.3, 0.4) is 0 Å². The van der Waals surface area contributed by atoms with E-state index in [-0.39, 0.29) is 55.9 Å². The average Bonchev–Trinajstić information content (AvgIpc) is 3.78. The first-order valence-electron chi connectivity index (χ1n) is 17.3. The first-order valence-corrected chi connectivity index (χ1v) is 17.3. The lowest BCUT2D eigenvalue weighted by atomic mass is 10.0. The van der Waals surface area contributed by atoms with Gasteiger partial charge in [0.2, 0.25) is 17.7 Å². The summed E-state index contributed by atoms with van der Waals surface area (Å²) >= 11 is 0. The van der Waals surface area contributed by atoms with Crippen LogP contribution in [0.5, 0.6) is 5.75 Å². The van der Waals surface area contributed by atoms with Gasteiger partial charge in [0.25, 0.3) is 5.91 Å². The molecule has 15 nitrogen and oxygen atoms in total. The van der Waals surface area contributed by atoms with Crippen molar-refractivity contribution >= 4 is 29.3 Å². The van der Waals surface area contributed by atoms with E-state index in [4.69, 9.17) is 4.74 Å². The summed E-state index contributed by atoms with van der Waals surface area (Å²) < 4.78 is 9.16. The Labute approximate surface area is 300 Å². The molecule has 270 valence electrons. The third kappa shape index (κ3) is 9.35. The number of fused-ring (bicyclic) bond motifs is 5. The van der Waals surface area contributed by atoms with E-state index in [1.165, 1.54) is 4.52 Å². The molecule has 0 saturated heterocycles. The summed E-state index contributed by atoms with van der Waals surface area (Å²) in [4.78, 5) is 60.4. The number of carbonyl (C=O) groups excluding carboxylic acids is 4. The Morgan fingerprint density at radius 2 is 1.81 bits per heavy atom. The Hall–Kier alpha value is -6.12. The molecule has 15 heteroatoms. The van der Waals surface area contributed by atoms with Crippen LogP contribution in [-0.4, -0.2) is 96.4 Å². The van der Waals surface area contributed by atoms with Crippen molar-refractivity contribution in [1.29, 1.82) is 0 Å². The molecular formula is C37H42N10O5. The van der Waals surface area contributed by atoms with Gasteiger partial charge in [0, 0.05) is 57.1 Å². The van der Waals surface area contributed by atoms with Gasteiger partial charge in [0.05, 0.1) is 18.7 Å². The molecule has 52 heavy (non-hydrogen) atoms. The lowest BCUT2D eigenvalue weighted by molar-refractivity contribution is -0.132. The highest BCUT2D eigenvalue weighted by Gasteiger charge is 2.29. The lowest BCUT2D eigenvalue weighted by Crippen LogP contribution is -2.56. The minimum atomic E-state index is -0.952. The molecule has 0 saturated carbocycles. The Bertz CT molecular complexity index is 1980. The van der Waals surface area contributed by atoms with E-state index in [1.54, 1.807) is 46.4 Å². The van der Waals surface area contributed by atoms with Crippen molar-refractivity contribution in [2.45, 2.75) is 51.7 Å². The number of aromatic nitrogens is 6. The summed E-state index contributed by atoms with van der Waals surface area (Å²) in [5.74, 6) is -1.24. The van der Waals surface area contributed by atoms with Gasteiger partial charge in [-0.1, -0.05) is 61.5 Å². The summed E-state index contributed by atoms with van der Waals surface area (Å²) in [6, 6.07) is 18.1. The highest BCUT2D eigenvalue weighted by atomic mass is 16.5. The van der Waals surface area contributed by atoms with Crippen LogP contribution >= 0.6 is 0 Å². The molecule has 4 bridgehead atoms. The van der Waals surface area contributed by atoms with Gasteiger partial charge in [-0.15, -0.1) is 5.10 Å². The zero-order valence-corrected chi connectivity index (χ0v) is 29.1. The smallest absolute Gasteiger partial charge is 0.274 e. The maximum atomic E-state index is 13.8. The molecule has 3 aromatic heterocycles. The second-order valence-electron chi connectivity index (χ2n) is 13.0. The van der Waals surface area contributed by atoms with Gasteiger partial charge in [0.1, 0.15) is 24.4 Å². The first-order chi connectivity index (χ1) is 25.2. The molecule has 2 atom stereocenters. The number of nitrogens with one attached hydrogen (secondary N) is 3. The predicted octanol–water partition coefficient (Wildman–Crippen LogP) is 1.63. The molecular weight excluding hydrogens is 664 g/mol. The van der Waals surface area contributed by atoms with Crippen molar-refractivity contribution in [2.24, 2.45) is 5.92 Å². The fourth-order valence-corrected chi connectivity index (χ4v) is 5.93. The van der Waals surface area contributed by atoms with Gasteiger partial charge >= 0.3 is 0 Å². The SMILES string of the molecule is CC(C)[C@H]1NC(=O)Cc2cccc(c2)OCCn2cc(nn2)CCN(C(=O)c2cc3ncccn3n2)CCNC(=O)[C@H](Cc2ccccc2)NC1=O. The summed E-state index contributed by atoms with van der Waals surface area (Å²) in [5.41, 5.74) is 2.98.